The predicted octanol–water partition coefficient (Wildman–Crippen LogP) is 2.87. The minimum atomic E-state index is -3.49. The van der Waals surface area contributed by atoms with Crippen LogP contribution in [0.15, 0.2) is 24.8 Å². The van der Waals surface area contributed by atoms with Gasteiger partial charge in [-0.2, -0.15) is 4.31 Å². The zero-order chi connectivity index (χ0) is 21.5. The lowest BCUT2D eigenvalue weighted by Crippen LogP contribution is -2.43. The van der Waals surface area contributed by atoms with Crippen LogP contribution in [0.5, 0.6) is 0 Å². The highest BCUT2D eigenvalue weighted by molar-refractivity contribution is 7.89. The largest absolute Gasteiger partial charge is 0.385 e. The van der Waals surface area contributed by atoms with Crippen LogP contribution in [0.4, 0.5) is 8.78 Å². The standard InChI is InChI=1S/C20H26F2N4O3S/c1-14-3-2-8-30(28,29)26(14)11-15-9-19(22)17(10-18(15)21)20(27)6-4-16(5-7-20)25-12-23-24-13-25/h9-10,12-14,16,27H,2-8,11H2,1H3/t14-,16?,20?/m0/s1. The van der Waals surface area contributed by atoms with E-state index in [4.69, 9.17) is 0 Å². The second-order valence-corrected chi connectivity index (χ2v) is 10.5. The minimum Gasteiger partial charge on any atom is -0.385 e. The summed E-state index contributed by atoms with van der Waals surface area (Å²) in [6.45, 7) is 1.57. The quantitative estimate of drug-likeness (QED) is 0.790. The summed E-state index contributed by atoms with van der Waals surface area (Å²) < 4.78 is 57.6. The molecule has 2 heterocycles. The number of benzene rings is 1. The summed E-state index contributed by atoms with van der Waals surface area (Å²) in [7, 11) is -3.49. The topological polar surface area (TPSA) is 88.3 Å². The number of nitrogens with zero attached hydrogens (tertiary/aromatic N) is 4. The number of hydrogen-bond acceptors (Lipinski definition) is 5. The molecule has 2 fully saturated rings. The lowest BCUT2D eigenvalue weighted by atomic mass is 9.77. The molecule has 164 valence electrons. The van der Waals surface area contributed by atoms with E-state index in [9.17, 15) is 22.3 Å². The SMILES string of the molecule is C[C@H]1CCCS(=O)(=O)N1Cc1cc(F)c(C2(O)CCC(n3cnnc3)CC2)cc1F. The van der Waals surface area contributed by atoms with E-state index >= 15 is 0 Å². The first-order chi connectivity index (χ1) is 14.2. The van der Waals surface area contributed by atoms with Gasteiger partial charge in [0.1, 0.15) is 24.3 Å². The summed E-state index contributed by atoms with van der Waals surface area (Å²) in [6.07, 6.45) is 6.21. The van der Waals surface area contributed by atoms with Gasteiger partial charge in [-0.05, 0) is 57.6 Å². The van der Waals surface area contributed by atoms with Crippen LogP contribution >= 0.6 is 0 Å². The Bertz CT molecular complexity index is 1010. The summed E-state index contributed by atoms with van der Waals surface area (Å²) in [4.78, 5) is 0. The van der Waals surface area contributed by atoms with Crippen molar-refractivity contribution in [1.29, 1.82) is 0 Å². The van der Waals surface area contributed by atoms with Gasteiger partial charge in [0.15, 0.2) is 0 Å². The summed E-state index contributed by atoms with van der Waals surface area (Å²) >= 11 is 0. The third-order valence-corrected chi connectivity index (χ3v) is 8.49. The van der Waals surface area contributed by atoms with Crippen molar-refractivity contribution in [2.45, 2.75) is 69.7 Å². The number of rotatable bonds is 4. The van der Waals surface area contributed by atoms with E-state index in [0.717, 1.165) is 12.1 Å². The van der Waals surface area contributed by atoms with Gasteiger partial charge in [0.05, 0.1) is 11.4 Å². The second kappa shape index (κ2) is 7.97. The fourth-order valence-electron chi connectivity index (χ4n) is 4.63. The molecular weight excluding hydrogens is 414 g/mol. The van der Waals surface area contributed by atoms with Crippen LogP contribution in [0.1, 0.15) is 62.6 Å². The van der Waals surface area contributed by atoms with Gasteiger partial charge in [-0.3, -0.25) is 0 Å². The van der Waals surface area contributed by atoms with Crippen molar-refractivity contribution in [3.63, 3.8) is 0 Å². The van der Waals surface area contributed by atoms with Gasteiger partial charge in [0.25, 0.3) is 0 Å². The van der Waals surface area contributed by atoms with Crippen molar-refractivity contribution in [2.75, 3.05) is 5.75 Å². The average molecular weight is 441 g/mol. The summed E-state index contributed by atoms with van der Waals surface area (Å²) in [5.74, 6) is -1.39. The molecule has 1 aromatic carbocycles. The third kappa shape index (κ3) is 4.00. The van der Waals surface area contributed by atoms with Gasteiger partial charge in [0.2, 0.25) is 10.0 Å². The van der Waals surface area contributed by atoms with Crippen LogP contribution < -0.4 is 0 Å². The summed E-state index contributed by atoms with van der Waals surface area (Å²) in [5.41, 5.74) is -1.55. The van der Waals surface area contributed by atoms with Crippen LogP contribution in [0, 0.1) is 11.6 Å². The highest BCUT2D eigenvalue weighted by atomic mass is 32.2. The van der Waals surface area contributed by atoms with E-state index < -0.39 is 27.3 Å². The molecule has 0 amide bonds. The Labute approximate surface area is 174 Å². The van der Waals surface area contributed by atoms with Crippen molar-refractivity contribution in [1.82, 2.24) is 19.1 Å². The Morgan fingerprint density at radius 2 is 1.80 bits per heavy atom. The normalized spacial score (nSPS) is 29.7. The molecule has 1 atom stereocenters. The van der Waals surface area contributed by atoms with Gasteiger partial charge in [0, 0.05) is 29.8 Å². The molecule has 0 radical (unpaired) electrons. The number of sulfonamides is 1. The summed E-state index contributed by atoms with van der Waals surface area (Å²) in [5, 5.41) is 18.6. The van der Waals surface area contributed by atoms with Gasteiger partial charge in [-0.25, -0.2) is 17.2 Å². The van der Waals surface area contributed by atoms with Crippen LogP contribution in [0.25, 0.3) is 0 Å². The van der Waals surface area contributed by atoms with Crippen molar-refractivity contribution >= 4 is 10.0 Å². The Kier molecular flexibility index (Phi) is 5.67. The number of aromatic nitrogens is 3. The molecule has 1 N–H and O–H groups in total. The molecule has 1 aliphatic heterocycles. The van der Waals surface area contributed by atoms with Gasteiger partial charge in [-0.15, -0.1) is 10.2 Å². The highest BCUT2D eigenvalue weighted by Gasteiger charge is 2.38. The predicted molar refractivity (Wildman–Crippen MR) is 106 cm³/mol. The van der Waals surface area contributed by atoms with E-state index in [-0.39, 0.29) is 48.3 Å². The van der Waals surface area contributed by atoms with E-state index in [1.807, 2.05) is 4.57 Å². The first kappa shape index (κ1) is 21.3. The molecule has 10 heteroatoms. The molecule has 1 aromatic heterocycles. The Hall–Kier alpha value is -1.91. The van der Waals surface area contributed by atoms with Crippen LogP contribution in [-0.4, -0.2) is 44.4 Å². The lowest BCUT2D eigenvalue weighted by Gasteiger charge is -2.37. The molecule has 0 unspecified atom stereocenters. The zero-order valence-electron chi connectivity index (χ0n) is 16.8. The number of halogens is 2. The van der Waals surface area contributed by atoms with E-state index in [0.29, 0.717) is 25.7 Å². The van der Waals surface area contributed by atoms with E-state index in [1.54, 1.807) is 19.6 Å². The maximum absolute atomic E-state index is 15.0. The zero-order valence-corrected chi connectivity index (χ0v) is 17.7. The number of hydrogen-bond donors (Lipinski definition) is 1. The van der Waals surface area contributed by atoms with Crippen LogP contribution in [-0.2, 0) is 22.2 Å². The van der Waals surface area contributed by atoms with Crippen molar-refractivity contribution in [3.8, 4) is 0 Å². The molecule has 4 rings (SSSR count). The number of aliphatic hydroxyl groups is 1. The Morgan fingerprint density at radius 3 is 2.43 bits per heavy atom. The molecule has 2 aromatic rings. The molecule has 1 saturated carbocycles. The van der Waals surface area contributed by atoms with Crippen molar-refractivity contribution in [3.05, 3.63) is 47.5 Å². The fourth-order valence-corrected chi connectivity index (χ4v) is 6.38. The molecule has 30 heavy (non-hydrogen) atoms. The maximum Gasteiger partial charge on any atom is 0.214 e. The first-order valence-corrected chi connectivity index (χ1v) is 11.8. The molecular formula is C20H26F2N4O3S. The van der Waals surface area contributed by atoms with Crippen LogP contribution in [0.2, 0.25) is 0 Å². The van der Waals surface area contributed by atoms with Gasteiger partial charge in [-0.1, -0.05) is 0 Å². The molecule has 1 aliphatic carbocycles. The second-order valence-electron chi connectivity index (χ2n) is 8.45. The fraction of sp³-hybridized carbons (Fsp3) is 0.600. The monoisotopic (exact) mass is 440 g/mol. The first-order valence-electron chi connectivity index (χ1n) is 10.2. The maximum atomic E-state index is 15.0. The van der Waals surface area contributed by atoms with Crippen molar-refractivity contribution in [2.24, 2.45) is 0 Å². The highest BCUT2D eigenvalue weighted by Crippen LogP contribution is 2.42. The van der Waals surface area contributed by atoms with Gasteiger partial charge >= 0.3 is 0 Å². The Morgan fingerprint density at radius 1 is 1.13 bits per heavy atom. The van der Waals surface area contributed by atoms with Crippen LogP contribution in [0.3, 0.4) is 0 Å². The third-order valence-electron chi connectivity index (χ3n) is 6.48. The molecule has 7 nitrogen and oxygen atoms in total. The lowest BCUT2D eigenvalue weighted by molar-refractivity contribution is -0.0155. The smallest absolute Gasteiger partial charge is 0.214 e. The molecule has 0 spiro atoms. The Balaban J connectivity index is 1.54. The minimum absolute atomic E-state index is 0.0182. The average Bonchev–Trinajstić information content (AvgIpc) is 3.22. The van der Waals surface area contributed by atoms with Crippen molar-refractivity contribution < 1.29 is 22.3 Å². The van der Waals surface area contributed by atoms with E-state index in [2.05, 4.69) is 10.2 Å². The summed E-state index contributed by atoms with van der Waals surface area (Å²) in [6, 6.07) is 1.91. The molecule has 1 saturated heterocycles. The van der Waals surface area contributed by atoms with E-state index in [1.165, 1.54) is 4.31 Å². The molecule has 0 bridgehead atoms. The van der Waals surface area contributed by atoms with Gasteiger partial charge < -0.3 is 9.67 Å². The molecule has 2 aliphatic rings.